The Hall–Kier alpha value is -1.95. The van der Waals surface area contributed by atoms with E-state index in [1.54, 1.807) is 12.4 Å². The van der Waals surface area contributed by atoms with E-state index in [0.29, 0.717) is 17.3 Å². The average Bonchev–Trinajstić information content (AvgIpc) is 3.02. The fourth-order valence-corrected chi connectivity index (χ4v) is 1.74. The van der Waals surface area contributed by atoms with Gasteiger partial charge in [-0.1, -0.05) is 0 Å². The molecule has 0 bridgehead atoms. The van der Waals surface area contributed by atoms with Crippen LogP contribution in [0.5, 0.6) is 0 Å². The molecule has 3 aromatic heterocycles. The zero-order chi connectivity index (χ0) is 10.1. The molecule has 6 heteroatoms. The summed E-state index contributed by atoms with van der Waals surface area (Å²) in [6.07, 6.45) is 6.17. The highest BCUT2D eigenvalue weighted by molar-refractivity contribution is 7.13. The minimum Gasteiger partial charge on any atom is -0.451 e. The summed E-state index contributed by atoms with van der Waals surface area (Å²) < 4.78 is 10.3. The van der Waals surface area contributed by atoms with Gasteiger partial charge in [-0.25, -0.2) is 15.0 Å². The van der Waals surface area contributed by atoms with Crippen LogP contribution in [0.2, 0.25) is 0 Å². The van der Waals surface area contributed by atoms with Crippen molar-refractivity contribution in [3.63, 3.8) is 0 Å². The third kappa shape index (κ3) is 1.44. The summed E-state index contributed by atoms with van der Waals surface area (Å²) in [5.74, 6) is 1.08. The van der Waals surface area contributed by atoms with Crippen molar-refractivity contribution in [1.82, 2.24) is 15.0 Å². The number of oxazole rings is 2. The second kappa shape index (κ2) is 3.32. The molecular weight excluding hydrogens is 214 g/mol. The van der Waals surface area contributed by atoms with Crippen LogP contribution in [0.25, 0.3) is 22.4 Å². The molecule has 0 unspecified atom stereocenters. The van der Waals surface area contributed by atoms with Crippen molar-refractivity contribution < 1.29 is 8.83 Å². The molecule has 0 spiro atoms. The monoisotopic (exact) mass is 219 g/mol. The van der Waals surface area contributed by atoms with Crippen LogP contribution in [0.1, 0.15) is 0 Å². The lowest BCUT2D eigenvalue weighted by atomic mass is 10.5. The van der Waals surface area contributed by atoms with Gasteiger partial charge in [-0.15, -0.1) is 11.3 Å². The molecule has 0 radical (unpaired) electrons. The molecule has 0 aliphatic rings. The molecule has 74 valence electrons. The molecule has 0 saturated carbocycles. The number of hydrogen-bond acceptors (Lipinski definition) is 6. The van der Waals surface area contributed by atoms with E-state index in [1.807, 2.05) is 5.38 Å². The van der Waals surface area contributed by atoms with E-state index in [2.05, 4.69) is 15.0 Å². The first-order valence-corrected chi connectivity index (χ1v) is 5.06. The number of aromatic nitrogens is 3. The quantitative estimate of drug-likeness (QED) is 0.662. The Kier molecular flexibility index (Phi) is 1.85. The third-order valence-corrected chi connectivity index (χ3v) is 2.59. The first kappa shape index (κ1) is 8.37. The summed E-state index contributed by atoms with van der Waals surface area (Å²) in [6.45, 7) is 0. The second-order valence-corrected chi connectivity index (χ2v) is 3.64. The highest BCUT2D eigenvalue weighted by Gasteiger charge is 2.11. The first-order chi connectivity index (χ1) is 7.43. The fourth-order valence-electron chi connectivity index (χ4n) is 1.15. The molecule has 0 aromatic carbocycles. The van der Waals surface area contributed by atoms with Gasteiger partial charge in [0.25, 0.3) is 0 Å². The van der Waals surface area contributed by atoms with Gasteiger partial charge in [0.1, 0.15) is 6.26 Å². The van der Waals surface area contributed by atoms with Gasteiger partial charge in [-0.05, 0) is 0 Å². The molecule has 3 aromatic rings. The molecule has 3 heterocycles. The number of nitrogens with zero attached hydrogens (tertiary/aromatic N) is 3. The van der Waals surface area contributed by atoms with Gasteiger partial charge in [0.2, 0.25) is 5.89 Å². The normalized spacial score (nSPS) is 10.7. The van der Waals surface area contributed by atoms with Crippen LogP contribution in [0.15, 0.2) is 39.3 Å². The standard InChI is InChI=1S/C9H5N3O2S/c1-2-15-9(10-1)7-3-11-8(14-7)6-4-13-5-12-6/h1-5H. The van der Waals surface area contributed by atoms with Crippen LogP contribution >= 0.6 is 11.3 Å². The van der Waals surface area contributed by atoms with E-state index in [0.717, 1.165) is 5.01 Å². The van der Waals surface area contributed by atoms with Crippen molar-refractivity contribution in [2.24, 2.45) is 0 Å². The van der Waals surface area contributed by atoms with Crippen molar-refractivity contribution in [3.05, 3.63) is 30.4 Å². The Labute approximate surface area is 88.4 Å². The first-order valence-electron chi connectivity index (χ1n) is 4.18. The smallest absolute Gasteiger partial charge is 0.249 e. The Morgan fingerprint density at radius 2 is 2.20 bits per heavy atom. The Morgan fingerprint density at radius 1 is 1.20 bits per heavy atom. The van der Waals surface area contributed by atoms with Gasteiger partial charge >= 0.3 is 0 Å². The molecule has 0 saturated heterocycles. The van der Waals surface area contributed by atoms with Crippen LogP contribution in [0.3, 0.4) is 0 Å². The molecule has 15 heavy (non-hydrogen) atoms. The maximum atomic E-state index is 5.49. The van der Waals surface area contributed by atoms with Gasteiger partial charge in [0.05, 0.1) is 6.20 Å². The lowest BCUT2D eigenvalue weighted by Gasteiger charge is -1.86. The van der Waals surface area contributed by atoms with Gasteiger partial charge in [0, 0.05) is 11.6 Å². The fraction of sp³-hybridized carbons (Fsp3) is 0. The number of hydrogen-bond donors (Lipinski definition) is 0. The highest BCUT2D eigenvalue weighted by atomic mass is 32.1. The summed E-state index contributed by atoms with van der Waals surface area (Å²) in [7, 11) is 0. The highest BCUT2D eigenvalue weighted by Crippen LogP contribution is 2.26. The molecule has 0 aliphatic carbocycles. The summed E-state index contributed by atoms with van der Waals surface area (Å²) >= 11 is 1.50. The summed E-state index contributed by atoms with van der Waals surface area (Å²) in [6, 6.07) is 0. The Bertz CT molecular complexity index is 493. The van der Waals surface area contributed by atoms with Crippen molar-refractivity contribution in [2.45, 2.75) is 0 Å². The average molecular weight is 219 g/mol. The summed E-state index contributed by atoms with van der Waals surface area (Å²) in [4.78, 5) is 12.2. The van der Waals surface area contributed by atoms with Crippen molar-refractivity contribution >= 4 is 11.3 Å². The molecule has 0 aliphatic heterocycles. The molecule has 3 rings (SSSR count). The lowest BCUT2D eigenvalue weighted by molar-refractivity contribution is 0.555. The molecule has 5 nitrogen and oxygen atoms in total. The van der Waals surface area contributed by atoms with Gasteiger partial charge < -0.3 is 8.83 Å². The minimum absolute atomic E-state index is 0.439. The van der Waals surface area contributed by atoms with E-state index in [-0.39, 0.29) is 0 Å². The van der Waals surface area contributed by atoms with Crippen molar-refractivity contribution in [1.29, 1.82) is 0 Å². The van der Waals surface area contributed by atoms with Crippen LogP contribution < -0.4 is 0 Å². The second-order valence-electron chi connectivity index (χ2n) is 2.74. The van der Waals surface area contributed by atoms with Gasteiger partial charge in [-0.3, -0.25) is 0 Å². The number of thiazole rings is 1. The van der Waals surface area contributed by atoms with E-state index in [4.69, 9.17) is 8.83 Å². The zero-order valence-electron chi connectivity index (χ0n) is 7.45. The van der Waals surface area contributed by atoms with E-state index in [9.17, 15) is 0 Å². The van der Waals surface area contributed by atoms with E-state index >= 15 is 0 Å². The van der Waals surface area contributed by atoms with Crippen molar-refractivity contribution in [2.75, 3.05) is 0 Å². The SMILES string of the molecule is c1csc(-c2cnc(-c3cocn3)o2)n1. The lowest BCUT2D eigenvalue weighted by Crippen LogP contribution is -1.73. The largest absolute Gasteiger partial charge is 0.451 e. The predicted molar refractivity (Wildman–Crippen MR) is 53.1 cm³/mol. The van der Waals surface area contributed by atoms with Crippen LogP contribution in [-0.4, -0.2) is 15.0 Å². The van der Waals surface area contributed by atoms with Crippen LogP contribution in [0, 0.1) is 0 Å². The molecular formula is C9H5N3O2S. The summed E-state index contributed by atoms with van der Waals surface area (Å²) in [5, 5.41) is 2.69. The van der Waals surface area contributed by atoms with Crippen LogP contribution in [-0.2, 0) is 0 Å². The van der Waals surface area contributed by atoms with Crippen molar-refractivity contribution in [3.8, 4) is 22.4 Å². The van der Waals surface area contributed by atoms with E-state index < -0.39 is 0 Å². The topological polar surface area (TPSA) is 65.0 Å². The molecule has 0 amide bonds. The maximum Gasteiger partial charge on any atom is 0.249 e. The third-order valence-electron chi connectivity index (χ3n) is 1.80. The van der Waals surface area contributed by atoms with Crippen LogP contribution in [0.4, 0.5) is 0 Å². The zero-order valence-corrected chi connectivity index (χ0v) is 8.27. The molecule has 0 atom stereocenters. The number of rotatable bonds is 2. The minimum atomic E-state index is 0.439. The maximum absolute atomic E-state index is 5.49. The molecule has 0 N–H and O–H groups in total. The molecule has 0 fully saturated rings. The summed E-state index contributed by atoms with van der Waals surface area (Å²) in [5.41, 5.74) is 0.581. The Morgan fingerprint density at radius 3 is 2.93 bits per heavy atom. The Balaban J connectivity index is 2.02. The van der Waals surface area contributed by atoms with E-state index in [1.165, 1.54) is 24.0 Å². The predicted octanol–water partition coefficient (Wildman–Crippen LogP) is 2.45. The van der Waals surface area contributed by atoms with Gasteiger partial charge in [-0.2, -0.15) is 0 Å². The van der Waals surface area contributed by atoms with Gasteiger partial charge in [0.15, 0.2) is 22.9 Å².